The van der Waals surface area contributed by atoms with Crippen molar-refractivity contribution in [3.8, 4) is 11.3 Å². The molecule has 0 aliphatic heterocycles. The van der Waals surface area contributed by atoms with Crippen LogP contribution in [-0.2, 0) is 26.2 Å². The van der Waals surface area contributed by atoms with Crippen molar-refractivity contribution in [1.82, 2.24) is 14.3 Å². The van der Waals surface area contributed by atoms with Crippen molar-refractivity contribution in [3.63, 3.8) is 0 Å². The number of aromatic nitrogens is 2. The SMILES string of the molecule is CNCc1cc(-c2cccnc2F)n(S(=O)(=O)c2ccc(F)cc2)c1.O=C(O)C=CC(=O)O. The summed E-state index contributed by atoms with van der Waals surface area (Å²) in [5.74, 6) is -3.83. The Morgan fingerprint density at radius 2 is 1.70 bits per heavy atom. The lowest BCUT2D eigenvalue weighted by Crippen LogP contribution is -2.14. The molecular weight excluding hydrogens is 460 g/mol. The minimum atomic E-state index is -4.02. The van der Waals surface area contributed by atoms with Crippen molar-refractivity contribution >= 4 is 22.0 Å². The molecule has 3 N–H and O–H groups in total. The fraction of sp³-hybridized carbons (Fsp3) is 0.0952. The molecule has 9 nitrogen and oxygen atoms in total. The minimum Gasteiger partial charge on any atom is -0.478 e. The Morgan fingerprint density at radius 1 is 1.09 bits per heavy atom. The van der Waals surface area contributed by atoms with E-state index in [2.05, 4.69) is 10.3 Å². The maximum Gasteiger partial charge on any atom is 0.328 e. The topological polar surface area (TPSA) is 139 Å². The maximum atomic E-state index is 14.1. The lowest BCUT2D eigenvalue weighted by Gasteiger charge is -2.11. The number of rotatable bonds is 7. The number of carboxylic acids is 2. The van der Waals surface area contributed by atoms with E-state index in [1.807, 2.05) is 0 Å². The largest absolute Gasteiger partial charge is 0.478 e. The normalized spacial score (nSPS) is 11.1. The number of nitrogens with zero attached hydrogens (tertiary/aromatic N) is 2. The van der Waals surface area contributed by atoms with Crippen LogP contribution in [0.1, 0.15) is 5.56 Å². The van der Waals surface area contributed by atoms with Crippen LogP contribution in [0.15, 0.2) is 71.9 Å². The predicted octanol–water partition coefficient (Wildman–Crippen LogP) is 2.50. The summed E-state index contributed by atoms with van der Waals surface area (Å²) in [6.07, 6.45) is 3.82. The summed E-state index contributed by atoms with van der Waals surface area (Å²) in [5, 5.41) is 18.5. The molecule has 0 unspecified atom stereocenters. The molecule has 2 heterocycles. The summed E-state index contributed by atoms with van der Waals surface area (Å²) >= 11 is 0. The lowest BCUT2D eigenvalue weighted by atomic mass is 10.2. The zero-order valence-corrected chi connectivity index (χ0v) is 18.0. The van der Waals surface area contributed by atoms with Crippen LogP contribution in [0.4, 0.5) is 8.78 Å². The van der Waals surface area contributed by atoms with Crippen molar-refractivity contribution in [2.24, 2.45) is 0 Å². The van der Waals surface area contributed by atoms with Gasteiger partial charge in [-0.15, -0.1) is 0 Å². The van der Waals surface area contributed by atoms with Gasteiger partial charge in [-0.1, -0.05) is 0 Å². The van der Waals surface area contributed by atoms with Crippen molar-refractivity contribution < 1.29 is 37.0 Å². The third-order valence-corrected chi connectivity index (χ3v) is 5.69. The molecule has 174 valence electrons. The highest BCUT2D eigenvalue weighted by atomic mass is 32.2. The number of pyridine rings is 1. The molecule has 0 bridgehead atoms. The van der Waals surface area contributed by atoms with Crippen LogP contribution in [0.3, 0.4) is 0 Å². The fourth-order valence-electron chi connectivity index (χ4n) is 2.63. The fourth-order valence-corrected chi connectivity index (χ4v) is 4.02. The van der Waals surface area contributed by atoms with Gasteiger partial charge >= 0.3 is 11.9 Å². The van der Waals surface area contributed by atoms with Gasteiger partial charge in [0.2, 0.25) is 5.95 Å². The number of halogens is 2. The molecule has 1 aromatic carbocycles. The van der Waals surface area contributed by atoms with Crippen LogP contribution in [0, 0.1) is 11.8 Å². The standard InChI is InChI=1S/C17H15F2N3O2S.C4H4O4/c1-20-10-12-9-16(15-3-2-8-21-17(15)19)22(11-12)25(23,24)14-6-4-13(18)5-7-14;5-3(6)1-2-4(7)8/h2-9,11,20H,10H2,1H3;1-2H,(H,5,6)(H,7,8). The first-order valence-corrected chi connectivity index (χ1v) is 10.6. The smallest absolute Gasteiger partial charge is 0.328 e. The molecule has 0 aliphatic rings. The second-order valence-electron chi connectivity index (χ2n) is 6.37. The van der Waals surface area contributed by atoms with E-state index < -0.39 is 33.7 Å². The van der Waals surface area contributed by atoms with Crippen LogP contribution in [-0.4, -0.2) is 46.6 Å². The van der Waals surface area contributed by atoms with Gasteiger partial charge in [-0.2, -0.15) is 4.39 Å². The van der Waals surface area contributed by atoms with Crippen molar-refractivity contribution in [2.75, 3.05) is 7.05 Å². The lowest BCUT2D eigenvalue weighted by molar-refractivity contribution is -0.134. The highest BCUT2D eigenvalue weighted by molar-refractivity contribution is 7.90. The van der Waals surface area contributed by atoms with E-state index in [0.717, 1.165) is 16.1 Å². The molecule has 0 radical (unpaired) electrons. The molecule has 3 aromatic rings. The van der Waals surface area contributed by atoms with Gasteiger partial charge in [0.05, 0.1) is 16.2 Å². The van der Waals surface area contributed by atoms with Crippen LogP contribution in [0.5, 0.6) is 0 Å². The van der Waals surface area contributed by atoms with Crippen LogP contribution >= 0.6 is 0 Å². The average Bonchev–Trinajstić information content (AvgIpc) is 3.18. The van der Waals surface area contributed by atoms with Crippen LogP contribution in [0.25, 0.3) is 11.3 Å². The molecule has 0 atom stereocenters. The first kappa shape index (κ1) is 25.4. The monoisotopic (exact) mass is 479 g/mol. The quantitative estimate of drug-likeness (QED) is 0.347. The number of carbonyl (C=O) groups is 2. The number of hydrogen-bond donors (Lipinski definition) is 3. The molecule has 0 saturated carbocycles. The van der Waals surface area contributed by atoms with E-state index in [9.17, 15) is 26.8 Å². The van der Waals surface area contributed by atoms with Gasteiger partial charge in [0.15, 0.2) is 0 Å². The van der Waals surface area contributed by atoms with E-state index in [1.54, 1.807) is 13.1 Å². The first-order valence-electron chi connectivity index (χ1n) is 9.18. The number of benzene rings is 1. The third-order valence-electron chi connectivity index (χ3n) is 4.00. The zero-order chi connectivity index (χ0) is 24.6. The van der Waals surface area contributed by atoms with Gasteiger partial charge in [0, 0.05) is 31.1 Å². The third kappa shape index (κ3) is 6.79. The Balaban J connectivity index is 0.000000414. The summed E-state index contributed by atoms with van der Waals surface area (Å²) in [7, 11) is -2.30. The van der Waals surface area contributed by atoms with E-state index in [4.69, 9.17) is 10.2 Å². The van der Waals surface area contributed by atoms with Gasteiger partial charge in [-0.05, 0) is 55.1 Å². The Labute approximate surface area is 187 Å². The van der Waals surface area contributed by atoms with E-state index >= 15 is 0 Å². The first-order chi connectivity index (χ1) is 15.6. The zero-order valence-electron chi connectivity index (χ0n) is 17.1. The molecule has 0 spiro atoms. The Kier molecular flexibility index (Phi) is 8.54. The van der Waals surface area contributed by atoms with Gasteiger partial charge in [-0.3, -0.25) is 0 Å². The number of carboxylic acid groups (broad SMARTS) is 2. The van der Waals surface area contributed by atoms with Gasteiger partial charge in [0.1, 0.15) is 5.82 Å². The van der Waals surface area contributed by atoms with Crippen molar-refractivity contribution in [1.29, 1.82) is 0 Å². The number of aliphatic carboxylic acids is 2. The second-order valence-corrected chi connectivity index (χ2v) is 8.19. The Bertz CT molecular complexity index is 1260. The molecule has 33 heavy (non-hydrogen) atoms. The summed E-state index contributed by atoms with van der Waals surface area (Å²) in [5.41, 5.74) is 0.877. The van der Waals surface area contributed by atoms with E-state index in [0.29, 0.717) is 24.3 Å². The highest BCUT2D eigenvalue weighted by Gasteiger charge is 2.23. The van der Waals surface area contributed by atoms with Crippen molar-refractivity contribution in [3.05, 3.63) is 84.3 Å². The summed E-state index contributed by atoms with van der Waals surface area (Å²) in [6.45, 7) is 0.404. The molecule has 3 rings (SSSR count). The average molecular weight is 479 g/mol. The summed E-state index contributed by atoms with van der Waals surface area (Å²) < 4.78 is 54.1. The van der Waals surface area contributed by atoms with Gasteiger partial charge in [0.25, 0.3) is 10.0 Å². The van der Waals surface area contributed by atoms with Crippen LogP contribution in [0.2, 0.25) is 0 Å². The summed E-state index contributed by atoms with van der Waals surface area (Å²) in [4.78, 5) is 22.6. The second kappa shape index (κ2) is 11.1. The molecular formula is C21H19F2N3O6S. The Morgan fingerprint density at radius 3 is 2.21 bits per heavy atom. The predicted molar refractivity (Wildman–Crippen MR) is 114 cm³/mol. The highest BCUT2D eigenvalue weighted by Crippen LogP contribution is 2.28. The maximum absolute atomic E-state index is 14.1. The van der Waals surface area contributed by atoms with E-state index in [-0.39, 0.29) is 16.2 Å². The molecule has 0 saturated heterocycles. The minimum absolute atomic E-state index is 0.0653. The Hall–Kier alpha value is -3.90. The van der Waals surface area contributed by atoms with Crippen molar-refractivity contribution in [2.45, 2.75) is 11.4 Å². The van der Waals surface area contributed by atoms with Gasteiger partial charge < -0.3 is 15.5 Å². The van der Waals surface area contributed by atoms with E-state index in [1.165, 1.54) is 36.7 Å². The summed E-state index contributed by atoms with van der Waals surface area (Å²) in [6, 6.07) is 9.04. The number of nitrogens with one attached hydrogen (secondary N) is 1. The molecule has 12 heteroatoms. The van der Waals surface area contributed by atoms with Gasteiger partial charge in [-0.25, -0.2) is 31.4 Å². The molecule has 2 aromatic heterocycles. The number of hydrogen-bond acceptors (Lipinski definition) is 6. The molecule has 0 amide bonds. The molecule has 0 aliphatic carbocycles. The van der Waals surface area contributed by atoms with Crippen LogP contribution < -0.4 is 5.32 Å². The molecule has 0 fully saturated rings.